The zero-order chi connectivity index (χ0) is 24.2. The Labute approximate surface area is 193 Å². The number of H-pyrrole nitrogens is 2. The first-order valence-corrected chi connectivity index (χ1v) is 10.5. The number of rotatable bonds is 7. The fraction of sp³-hybridized carbons (Fsp3) is 0.167. The molecule has 1 amide bonds. The number of carbonyl (C=O) groups is 1. The molecule has 1 unspecified atom stereocenters. The van der Waals surface area contributed by atoms with Gasteiger partial charge in [0.15, 0.2) is 5.69 Å². The average molecular weight is 461 g/mol. The summed E-state index contributed by atoms with van der Waals surface area (Å²) in [6.07, 6.45) is 3.66. The molecule has 174 valence electrons. The third kappa shape index (κ3) is 4.75. The Morgan fingerprint density at radius 3 is 2.68 bits per heavy atom. The van der Waals surface area contributed by atoms with Crippen LogP contribution in [0.3, 0.4) is 0 Å². The van der Waals surface area contributed by atoms with E-state index in [-0.39, 0.29) is 0 Å². The van der Waals surface area contributed by atoms with Crippen LogP contribution in [0, 0.1) is 0 Å². The molecule has 0 spiro atoms. The fourth-order valence-corrected chi connectivity index (χ4v) is 3.58. The lowest BCUT2D eigenvalue weighted by molar-refractivity contribution is 0.0931. The van der Waals surface area contributed by atoms with Crippen LogP contribution in [0.5, 0.6) is 11.5 Å². The summed E-state index contributed by atoms with van der Waals surface area (Å²) in [5, 5.41) is 17.0. The standard InChI is InChI=1S/C24H23N5O5/c1-14(26-22(31)20-21(30)23(32)28-24(33)27-20)16-8-9-19(34-2)18(10-16)17-11-25-29(13-17)12-15-6-4-3-5-7-15/h3-11,13-14,30H,12H2,1-2H3,(H,26,31)(H2,27,28,32,33). The zero-order valence-corrected chi connectivity index (χ0v) is 18.5. The molecule has 2 aromatic heterocycles. The molecular formula is C24H23N5O5. The predicted octanol–water partition coefficient (Wildman–Crippen LogP) is 2.18. The predicted molar refractivity (Wildman–Crippen MR) is 125 cm³/mol. The van der Waals surface area contributed by atoms with Crippen molar-refractivity contribution in [2.24, 2.45) is 0 Å². The maximum atomic E-state index is 12.6. The second-order valence-corrected chi connectivity index (χ2v) is 7.70. The van der Waals surface area contributed by atoms with Crippen molar-refractivity contribution in [3.8, 4) is 22.6 Å². The lowest BCUT2D eigenvalue weighted by atomic mass is 10.0. The van der Waals surface area contributed by atoms with Gasteiger partial charge in [0.1, 0.15) is 5.75 Å². The van der Waals surface area contributed by atoms with Crippen molar-refractivity contribution in [3.05, 3.63) is 98.6 Å². The molecule has 2 heterocycles. The van der Waals surface area contributed by atoms with Crippen LogP contribution in [0.1, 0.15) is 34.6 Å². The maximum absolute atomic E-state index is 12.6. The van der Waals surface area contributed by atoms with E-state index in [1.165, 1.54) is 0 Å². The summed E-state index contributed by atoms with van der Waals surface area (Å²) in [7, 11) is 1.57. The summed E-state index contributed by atoms with van der Waals surface area (Å²) in [5.74, 6) is -1.01. The van der Waals surface area contributed by atoms with Crippen molar-refractivity contribution in [1.82, 2.24) is 25.1 Å². The van der Waals surface area contributed by atoms with Crippen molar-refractivity contribution in [2.75, 3.05) is 7.11 Å². The lowest BCUT2D eigenvalue weighted by Gasteiger charge is -2.17. The molecule has 0 fully saturated rings. The Kier molecular flexibility index (Phi) is 6.30. The Hall–Kier alpha value is -4.60. The topological polar surface area (TPSA) is 142 Å². The molecule has 0 radical (unpaired) electrons. The van der Waals surface area contributed by atoms with Gasteiger partial charge in [0, 0.05) is 17.3 Å². The lowest BCUT2D eigenvalue weighted by Crippen LogP contribution is -2.32. The van der Waals surface area contributed by atoms with E-state index < -0.39 is 34.6 Å². The first kappa shape index (κ1) is 22.6. The van der Waals surface area contributed by atoms with Gasteiger partial charge in [0.05, 0.1) is 25.9 Å². The number of nitrogens with zero attached hydrogens (tertiary/aromatic N) is 2. The van der Waals surface area contributed by atoms with E-state index in [2.05, 4.69) is 15.4 Å². The van der Waals surface area contributed by atoms with Gasteiger partial charge < -0.3 is 15.2 Å². The van der Waals surface area contributed by atoms with Gasteiger partial charge >= 0.3 is 5.69 Å². The zero-order valence-electron chi connectivity index (χ0n) is 18.5. The molecule has 34 heavy (non-hydrogen) atoms. The molecule has 1 atom stereocenters. The average Bonchev–Trinajstić information content (AvgIpc) is 3.29. The number of methoxy groups -OCH3 is 1. The van der Waals surface area contributed by atoms with Crippen LogP contribution in [-0.4, -0.2) is 37.9 Å². The molecule has 0 aliphatic heterocycles. The van der Waals surface area contributed by atoms with Crippen molar-refractivity contribution in [2.45, 2.75) is 19.5 Å². The van der Waals surface area contributed by atoms with Crippen LogP contribution in [0.2, 0.25) is 0 Å². The number of aromatic nitrogens is 4. The van der Waals surface area contributed by atoms with Gasteiger partial charge in [-0.3, -0.25) is 24.2 Å². The van der Waals surface area contributed by atoms with Gasteiger partial charge in [-0.1, -0.05) is 36.4 Å². The van der Waals surface area contributed by atoms with Gasteiger partial charge in [0.2, 0.25) is 5.75 Å². The molecule has 4 aromatic rings. The van der Waals surface area contributed by atoms with Gasteiger partial charge in [-0.25, -0.2) is 4.79 Å². The van der Waals surface area contributed by atoms with Crippen LogP contribution >= 0.6 is 0 Å². The Bertz CT molecular complexity index is 1440. The van der Waals surface area contributed by atoms with Crippen molar-refractivity contribution in [3.63, 3.8) is 0 Å². The molecule has 4 N–H and O–H groups in total. The minimum Gasteiger partial charge on any atom is -0.501 e. The number of benzene rings is 2. The quantitative estimate of drug-likeness (QED) is 0.332. The molecule has 2 aromatic carbocycles. The highest BCUT2D eigenvalue weighted by atomic mass is 16.5. The first-order chi connectivity index (χ1) is 16.4. The molecule has 0 saturated heterocycles. The van der Waals surface area contributed by atoms with E-state index >= 15 is 0 Å². The van der Waals surface area contributed by atoms with Gasteiger partial charge in [-0.2, -0.15) is 5.10 Å². The van der Waals surface area contributed by atoms with E-state index in [1.807, 2.05) is 52.3 Å². The van der Waals surface area contributed by atoms with E-state index in [1.54, 1.807) is 32.4 Å². The largest absolute Gasteiger partial charge is 0.501 e. The summed E-state index contributed by atoms with van der Waals surface area (Å²) in [6.45, 7) is 2.36. The summed E-state index contributed by atoms with van der Waals surface area (Å²) < 4.78 is 7.35. The third-order valence-electron chi connectivity index (χ3n) is 5.35. The summed E-state index contributed by atoms with van der Waals surface area (Å²) in [4.78, 5) is 39.7. The van der Waals surface area contributed by atoms with E-state index in [9.17, 15) is 19.5 Å². The highest BCUT2D eigenvalue weighted by Gasteiger charge is 2.20. The Morgan fingerprint density at radius 2 is 1.94 bits per heavy atom. The number of aromatic amines is 2. The third-order valence-corrected chi connectivity index (χ3v) is 5.35. The summed E-state index contributed by atoms with van der Waals surface area (Å²) in [5.41, 5.74) is 1.05. The van der Waals surface area contributed by atoms with Crippen molar-refractivity contribution < 1.29 is 14.6 Å². The minimum atomic E-state index is -1.04. The van der Waals surface area contributed by atoms with Gasteiger partial charge in [0.25, 0.3) is 11.5 Å². The van der Waals surface area contributed by atoms with Crippen molar-refractivity contribution >= 4 is 5.91 Å². The SMILES string of the molecule is COc1ccc(C(C)NC(=O)c2[nH]c(=O)[nH]c(=O)c2O)cc1-c1cnn(Cc2ccccc2)c1. The normalized spacial score (nSPS) is 11.7. The monoisotopic (exact) mass is 461 g/mol. The number of hydrogen-bond acceptors (Lipinski definition) is 6. The second kappa shape index (κ2) is 9.49. The minimum absolute atomic E-state index is 0.503. The summed E-state index contributed by atoms with van der Waals surface area (Å²) >= 11 is 0. The van der Waals surface area contributed by atoms with Crippen LogP contribution in [-0.2, 0) is 6.54 Å². The molecular weight excluding hydrogens is 438 g/mol. The number of nitrogens with one attached hydrogen (secondary N) is 3. The van der Waals surface area contributed by atoms with E-state index in [4.69, 9.17) is 4.74 Å². The Balaban J connectivity index is 1.58. The number of hydrogen-bond donors (Lipinski definition) is 4. The van der Waals surface area contributed by atoms with Crippen LogP contribution in [0.4, 0.5) is 0 Å². The second-order valence-electron chi connectivity index (χ2n) is 7.70. The Morgan fingerprint density at radius 1 is 1.18 bits per heavy atom. The maximum Gasteiger partial charge on any atom is 0.326 e. The number of ether oxygens (including phenoxy) is 1. The van der Waals surface area contributed by atoms with E-state index in [0.29, 0.717) is 12.3 Å². The summed E-state index contributed by atoms with van der Waals surface area (Å²) in [6, 6.07) is 14.9. The fourth-order valence-electron chi connectivity index (χ4n) is 3.58. The number of carbonyl (C=O) groups excluding carboxylic acids is 1. The first-order valence-electron chi connectivity index (χ1n) is 10.5. The van der Waals surface area contributed by atoms with Crippen LogP contribution in [0.15, 0.2) is 70.5 Å². The van der Waals surface area contributed by atoms with E-state index in [0.717, 1.165) is 22.3 Å². The highest BCUT2D eigenvalue weighted by molar-refractivity contribution is 5.94. The molecule has 0 aliphatic carbocycles. The van der Waals surface area contributed by atoms with Gasteiger partial charge in [-0.15, -0.1) is 0 Å². The van der Waals surface area contributed by atoms with Gasteiger partial charge in [-0.05, 0) is 30.2 Å². The molecule has 10 nitrogen and oxygen atoms in total. The highest BCUT2D eigenvalue weighted by Crippen LogP contribution is 2.32. The van der Waals surface area contributed by atoms with Crippen LogP contribution < -0.4 is 21.3 Å². The molecule has 10 heteroatoms. The number of amides is 1. The van der Waals surface area contributed by atoms with Crippen molar-refractivity contribution in [1.29, 1.82) is 0 Å². The smallest absolute Gasteiger partial charge is 0.326 e. The van der Waals surface area contributed by atoms with Crippen LogP contribution in [0.25, 0.3) is 11.1 Å². The molecule has 0 bridgehead atoms. The molecule has 0 aliphatic rings. The number of aromatic hydroxyl groups is 1. The molecule has 4 rings (SSSR count). The molecule has 0 saturated carbocycles.